The Hall–Kier alpha value is -3.14. The van der Waals surface area contributed by atoms with Gasteiger partial charge in [0.1, 0.15) is 5.75 Å². The third kappa shape index (κ3) is 6.19. The van der Waals surface area contributed by atoms with E-state index in [1.807, 2.05) is 0 Å². The average molecular weight is 463 g/mol. The summed E-state index contributed by atoms with van der Waals surface area (Å²) in [5.74, 6) is -1.68. The third-order valence-corrected chi connectivity index (χ3v) is 5.66. The molecule has 1 aromatic heterocycles. The van der Waals surface area contributed by atoms with Gasteiger partial charge in [-0.25, -0.2) is 4.98 Å². The molecule has 0 bridgehead atoms. The normalized spacial score (nSPS) is 22.5. The highest BCUT2D eigenvalue weighted by atomic mass is 32.2. The summed E-state index contributed by atoms with van der Waals surface area (Å²) in [4.78, 5) is 38.5. The van der Waals surface area contributed by atoms with Gasteiger partial charge in [0.15, 0.2) is 23.7 Å². The molecule has 0 N–H and O–H groups in total. The molecule has 1 aliphatic heterocycles. The van der Waals surface area contributed by atoms with Crippen molar-refractivity contribution in [1.29, 1.82) is 0 Å². The van der Waals surface area contributed by atoms with Crippen molar-refractivity contribution in [2.75, 3.05) is 5.75 Å². The second-order valence-electron chi connectivity index (χ2n) is 7.01. The van der Waals surface area contributed by atoms with Gasteiger partial charge in [0.25, 0.3) is 0 Å². The molecule has 1 saturated heterocycles. The fraction of sp³-hybridized carbons (Fsp3) is 0.364. The van der Waals surface area contributed by atoms with Crippen LogP contribution in [0.2, 0.25) is 0 Å². The zero-order valence-corrected chi connectivity index (χ0v) is 18.5. The number of rotatable bonds is 6. The van der Waals surface area contributed by atoms with E-state index < -0.39 is 47.6 Å². The second-order valence-corrected chi connectivity index (χ2v) is 8.14. The number of halogens is 1. The van der Waals surface area contributed by atoms with Crippen LogP contribution in [0, 0.1) is 5.95 Å². The first kappa shape index (κ1) is 23.5. The van der Waals surface area contributed by atoms with Crippen molar-refractivity contribution in [3.05, 3.63) is 48.5 Å². The molecule has 0 spiro atoms. The van der Waals surface area contributed by atoms with Gasteiger partial charge in [0.05, 0.1) is 0 Å². The lowest BCUT2D eigenvalue weighted by molar-refractivity contribution is -0.186. The summed E-state index contributed by atoms with van der Waals surface area (Å²) >= 11 is 1.26. The maximum Gasteiger partial charge on any atom is 0.303 e. The van der Waals surface area contributed by atoms with Crippen LogP contribution in [0.25, 0.3) is 11.1 Å². The molecule has 3 rings (SSSR count). The first-order valence-corrected chi connectivity index (χ1v) is 10.8. The highest BCUT2D eigenvalue weighted by molar-refractivity contribution is 7.99. The monoisotopic (exact) mass is 463 g/mol. The minimum atomic E-state index is -1.04. The zero-order valence-electron chi connectivity index (χ0n) is 17.6. The topological polar surface area (TPSA) is 101 Å². The van der Waals surface area contributed by atoms with Crippen LogP contribution in [0.15, 0.2) is 42.6 Å². The van der Waals surface area contributed by atoms with E-state index in [9.17, 15) is 18.8 Å². The lowest BCUT2D eigenvalue weighted by atomic mass is 10.1. The second kappa shape index (κ2) is 10.4. The molecule has 32 heavy (non-hydrogen) atoms. The zero-order chi connectivity index (χ0) is 23.3. The summed E-state index contributed by atoms with van der Waals surface area (Å²) in [5, 5.41) is 0. The van der Waals surface area contributed by atoms with E-state index in [1.165, 1.54) is 44.8 Å². The van der Waals surface area contributed by atoms with Crippen LogP contribution in [-0.4, -0.2) is 52.4 Å². The van der Waals surface area contributed by atoms with Crippen molar-refractivity contribution >= 4 is 29.7 Å². The van der Waals surface area contributed by atoms with Gasteiger partial charge in [-0.05, 0) is 29.3 Å². The number of benzene rings is 1. The number of ether oxygens (including phenoxy) is 4. The predicted molar refractivity (Wildman–Crippen MR) is 113 cm³/mol. The largest absolute Gasteiger partial charge is 0.476 e. The van der Waals surface area contributed by atoms with Crippen molar-refractivity contribution < 1.29 is 37.7 Å². The molecule has 0 aliphatic carbocycles. The molecule has 1 aliphatic rings. The first-order chi connectivity index (χ1) is 15.2. The fourth-order valence-electron chi connectivity index (χ4n) is 3.28. The van der Waals surface area contributed by atoms with Crippen LogP contribution in [0.5, 0.6) is 5.75 Å². The van der Waals surface area contributed by atoms with Crippen molar-refractivity contribution in [3.63, 3.8) is 0 Å². The standard InChI is InChI=1S/C22H22FNO7S/c1-12(25)28-18-11-32-22(21(30-14(3)27)20(18)29-13(2)26)31-17-6-4-5-15(9-17)16-7-8-24-19(23)10-16/h4-10,18,20-22H,11H2,1-3H3/t18-,20+,21-,22+/m1/s1. The van der Waals surface area contributed by atoms with Crippen LogP contribution < -0.4 is 4.74 Å². The fourth-order valence-corrected chi connectivity index (χ4v) is 4.49. The molecule has 4 atom stereocenters. The number of thioether (sulfide) groups is 1. The van der Waals surface area contributed by atoms with E-state index in [2.05, 4.69) is 4.98 Å². The SMILES string of the molecule is CC(=O)O[C@@H]1[C@@H](OC(C)=O)[C@@H](Oc2cccc(-c3ccnc(F)c3)c2)SC[C@H]1OC(C)=O. The Morgan fingerprint density at radius 1 is 0.938 bits per heavy atom. The number of hydrogen-bond donors (Lipinski definition) is 0. The third-order valence-electron chi connectivity index (χ3n) is 4.45. The van der Waals surface area contributed by atoms with Gasteiger partial charge in [0.2, 0.25) is 5.95 Å². The maximum atomic E-state index is 13.5. The summed E-state index contributed by atoms with van der Waals surface area (Å²) in [7, 11) is 0. The van der Waals surface area contributed by atoms with E-state index in [0.717, 1.165) is 0 Å². The van der Waals surface area contributed by atoms with E-state index in [4.69, 9.17) is 18.9 Å². The molecule has 2 heterocycles. The Labute approximate surface area is 188 Å². The number of nitrogens with zero attached hydrogens (tertiary/aromatic N) is 1. The number of carbonyl (C=O) groups is 3. The highest BCUT2D eigenvalue weighted by Gasteiger charge is 2.47. The number of esters is 3. The van der Waals surface area contributed by atoms with Crippen LogP contribution >= 0.6 is 11.8 Å². The van der Waals surface area contributed by atoms with E-state index in [0.29, 0.717) is 16.9 Å². The number of aromatic nitrogens is 1. The summed E-state index contributed by atoms with van der Waals surface area (Å²) in [6, 6.07) is 9.90. The summed E-state index contributed by atoms with van der Waals surface area (Å²) in [6.45, 7) is 3.68. The molecule has 2 aromatic rings. The Morgan fingerprint density at radius 2 is 1.59 bits per heavy atom. The van der Waals surface area contributed by atoms with E-state index >= 15 is 0 Å². The molecular formula is C22H22FNO7S. The number of carbonyl (C=O) groups excluding carboxylic acids is 3. The van der Waals surface area contributed by atoms with E-state index in [-0.39, 0.29) is 5.75 Å². The van der Waals surface area contributed by atoms with Crippen LogP contribution in [-0.2, 0) is 28.6 Å². The van der Waals surface area contributed by atoms with E-state index in [1.54, 1.807) is 30.3 Å². The molecule has 170 valence electrons. The summed E-state index contributed by atoms with van der Waals surface area (Å²) < 4.78 is 35.6. The lowest BCUT2D eigenvalue weighted by Gasteiger charge is -2.39. The molecule has 1 aromatic carbocycles. The Morgan fingerprint density at radius 3 is 2.25 bits per heavy atom. The average Bonchev–Trinajstić information content (AvgIpc) is 2.71. The predicted octanol–water partition coefficient (Wildman–Crippen LogP) is 3.13. The van der Waals surface area contributed by atoms with Crippen molar-refractivity contribution in [2.24, 2.45) is 0 Å². The molecular weight excluding hydrogens is 441 g/mol. The molecule has 0 unspecified atom stereocenters. The Balaban J connectivity index is 1.87. The molecule has 0 saturated carbocycles. The van der Waals surface area contributed by atoms with Gasteiger partial charge in [-0.3, -0.25) is 14.4 Å². The van der Waals surface area contributed by atoms with Gasteiger partial charge < -0.3 is 18.9 Å². The van der Waals surface area contributed by atoms with Crippen LogP contribution in [0.1, 0.15) is 20.8 Å². The minimum absolute atomic E-state index is 0.259. The van der Waals surface area contributed by atoms with Crippen molar-refractivity contribution in [3.8, 4) is 16.9 Å². The van der Waals surface area contributed by atoms with Crippen LogP contribution in [0.3, 0.4) is 0 Å². The quantitative estimate of drug-likeness (QED) is 0.363. The summed E-state index contributed by atoms with van der Waals surface area (Å²) in [6.07, 6.45) is -1.51. The molecule has 1 fully saturated rings. The number of hydrogen-bond acceptors (Lipinski definition) is 9. The minimum Gasteiger partial charge on any atom is -0.476 e. The molecule has 0 radical (unpaired) electrons. The smallest absolute Gasteiger partial charge is 0.303 e. The van der Waals surface area contributed by atoms with Crippen LogP contribution in [0.4, 0.5) is 4.39 Å². The molecule has 0 amide bonds. The highest BCUT2D eigenvalue weighted by Crippen LogP contribution is 2.35. The number of pyridine rings is 1. The van der Waals surface area contributed by atoms with Gasteiger partial charge in [-0.2, -0.15) is 4.39 Å². The van der Waals surface area contributed by atoms with Crippen molar-refractivity contribution in [1.82, 2.24) is 4.98 Å². The Kier molecular flexibility index (Phi) is 7.68. The lowest BCUT2D eigenvalue weighted by Crippen LogP contribution is -2.55. The molecule has 8 nitrogen and oxygen atoms in total. The molecule has 10 heteroatoms. The van der Waals surface area contributed by atoms with Gasteiger partial charge in [-0.15, -0.1) is 11.8 Å². The van der Waals surface area contributed by atoms with Gasteiger partial charge in [-0.1, -0.05) is 12.1 Å². The van der Waals surface area contributed by atoms with Gasteiger partial charge >= 0.3 is 17.9 Å². The van der Waals surface area contributed by atoms with Gasteiger partial charge in [0, 0.05) is 38.8 Å². The summed E-state index contributed by atoms with van der Waals surface area (Å²) in [5.41, 5.74) is 0.561. The maximum absolute atomic E-state index is 13.5. The first-order valence-electron chi connectivity index (χ1n) is 9.75. The Bertz CT molecular complexity index is 1000. The van der Waals surface area contributed by atoms with Crippen molar-refractivity contribution in [2.45, 2.75) is 44.5 Å².